The maximum absolute atomic E-state index is 12.5. The van der Waals surface area contributed by atoms with E-state index in [1.54, 1.807) is 20.8 Å². The third-order valence-corrected chi connectivity index (χ3v) is 4.12. The quantitative estimate of drug-likeness (QED) is 0.663. The van der Waals surface area contributed by atoms with Gasteiger partial charge in [0.25, 0.3) is 0 Å². The molecule has 0 radical (unpaired) electrons. The van der Waals surface area contributed by atoms with Crippen molar-refractivity contribution in [3.8, 4) is 0 Å². The highest BCUT2D eigenvalue weighted by molar-refractivity contribution is 5.89. The normalized spacial score (nSPS) is 14.4. The Labute approximate surface area is 167 Å². The molecule has 0 fully saturated rings. The fraction of sp³-hybridized carbons (Fsp3) is 0.571. The minimum absolute atomic E-state index is 0.124. The number of esters is 1. The van der Waals surface area contributed by atoms with Crippen LogP contribution in [-0.4, -0.2) is 35.7 Å². The average molecular weight is 392 g/mol. The molecule has 0 aliphatic heterocycles. The second-order valence-corrected chi connectivity index (χ2v) is 7.83. The highest BCUT2D eigenvalue weighted by atomic mass is 16.6. The molecule has 1 rings (SSSR count). The molecule has 0 heterocycles. The van der Waals surface area contributed by atoms with Crippen molar-refractivity contribution in [3.05, 3.63) is 35.9 Å². The molecule has 7 nitrogen and oxygen atoms in total. The third kappa shape index (κ3) is 8.41. The number of amides is 2. The third-order valence-electron chi connectivity index (χ3n) is 4.12. The van der Waals surface area contributed by atoms with Gasteiger partial charge in [0, 0.05) is 0 Å². The van der Waals surface area contributed by atoms with E-state index in [1.165, 1.54) is 6.92 Å². The van der Waals surface area contributed by atoms with Crippen LogP contribution in [0.1, 0.15) is 53.5 Å². The van der Waals surface area contributed by atoms with Gasteiger partial charge in [0.05, 0.1) is 0 Å². The van der Waals surface area contributed by atoms with E-state index in [1.807, 2.05) is 44.2 Å². The Kier molecular flexibility index (Phi) is 8.96. The van der Waals surface area contributed by atoms with Crippen molar-refractivity contribution in [2.24, 2.45) is 5.92 Å². The SMILES string of the molecule is CC[C@H](C)[C@H](NC(=O)[C@H](C)NC(=O)OC(C)(C)C)C(=O)OCc1ccccc1. The summed E-state index contributed by atoms with van der Waals surface area (Å²) in [5.74, 6) is -1.11. The number of carbonyl (C=O) groups is 3. The number of carbonyl (C=O) groups excluding carboxylic acids is 3. The van der Waals surface area contributed by atoms with Gasteiger partial charge in [-0.3, -0.25) is 4.79 Å². The molecule has 7 heteroatoms. The lowest BCUT2D eigenvalue weighted by Crippen LogP contribution is -2.53. The van der Waals surface area contributed by atoms with Gasteiger partial charge in [-0.15, -0.1) is 0 Å². The number of hydrogen-bond donors (Lipinski definition) is 2. The van der Waals surface area contributed by atoms with Gasteiger partial charge in [0.2, 0.25) is 5.91 Å². The van der Waals surface area contributed by atoms with Crippen molar-refractivity contribution in [3.63, 3.8) is 0 Å². The molecular formula is C21H32N2O5. The second kappa shape index (κ2) is 10.7. The molecule has 2 amide bonds. The van der Waals surface area contributed by atoms with Crippen LogP contribution in [0.25, 0.3) is 0 Å². The zero-order chi connectivity index (χ0) is 21.3. The van der Waals surface area contributed by atoms with Gasteiger partial charge in [-0.25, -0.2) is 9.59 Å². The molecule has 156 valence electrons. The van der Waals surface area contributed by atoms with E-state index >= 15 is 0 Å². The summed E-state index contributed by atoms with van der Waals surface area (Å²) in [5, 5.41) is 5.16. The lowest BCUT2D eigenvalue weighted by Gasteiger charge is -2.25. The van der Waals surface area contributed by atoms with Crippen LogP contribution >= 0.6 is 0 Å². The van der Waals surface area contributed by atoms with E-state index in [2.05, 4.69) is 10.6 Å². The number of rotatable bonds is 8. The highest BCUT2D eigenvalue weighted by Gasteiger charge is 2.30. The predicted octanol–water partition coefficient (Wildman–Crippen LogP) is 3.17. The fourth-order valence-corrected chi connectivity index (χ4v) is 2.32. The van der Waals surface area contributed by atoms with Crippen molar-refractivity contribution in [2.75, 3.05) is 0 Å². The summed E-state index contributed by atoms with van der Waals surface area (Å²) in [5.41, 5.74) is 0.200. The first-order chi connectivity index (χ1) is 13.0. The first-order valence-corrected chi connectivity index (χ1v) is 9.54. The fourth-order valence-electron chi connectivity index (χ4n) is 2.32. The second-order valence-electron chi connectivity index (χ2n) is 7.83. The van der Waals surface area contributed by atoms with Gasteiger partial charge in [-0.1, -0.05) is 50.6 Å². The van der Waals surface area contributed by atoms with Gasteiger partial charge in [-0.2, -0.15) is 0 Å². The van der Waals surface area contributed by atoms with Gasteiger partial charge in [0.15, 0.2) is 0 Å². The summed E-state index contributed by atoms with van der Waals surface area (Å²) in [4.78, 5) is 36.8. The number of ether oxygens (including phenoxy) is 2. The minimum Gasteiger partial charge on any atom is -0.459 e. The average Bonchev–Trinajstić information content (AvgIpc) is 2.62. The predicted molar refractivity (Wildman–Crippen MR) is 106 cm³/mol. The lowest BCUT2D eigenvalue weighted by atomic mass is 9.99. The van der Waals surface area contributed by atoms with E-state index in [9.17, 15) is 14.4 Å². The maximum atomic E-state index is 12.5. The van der Waals surface area contributed by atoms with Crippen molar-refractivity contribution in [1.29, 1.82) is 0 Å². The van der Waals surface area contributed by atoms with Gasteiger partial charge in [-0.05, 0) is 39.2 Å². The topological polar surface area (TPSA) is 93.7 Å². The summed E-state index contributed by atoms with van der Waals surface area (Å²) in [6.45, 7) is 10.7. The van der Waals surface area contributed by atoms with Gasteiger partial charge < -0.3 is 20.1 Å². The van der Waals surface area contributed by atoms with E-state index < -0.39 is 35.7 Å². The van der Waals surface area contributed by atoms with Crippen LogP contribution in [0.5, 0.6) is 0 Å². The number of alkyl carbamates (subject to hydrolysis) is 1. The van der Waals surface area contributed by atoms with E-state index in [0.29, 0.717) is 6.42 Å². The van der Waals surface area contributed by atoms with Gasteiger partial charge in [0.1, 0.15) is 24.3 Å². The monoisotopic (exact) mass is 392 g/mol. The molecule has 0 spiro atoms. The van der Waals surface area contributed by atoms with Crippen LogP contribution in [0, 0.1) is 5.92 Å². The highest BCUT2D eigenvalue weighted by Crippen LogP contribution is 2.12. The Morgan fingerprint density at radius 2 is 1.64 bits per heavy atom. The smallest absolute Gasteiger partial charge is 0.408 e. The minimum atomic E-state index is -0.858. The van der Waals surface area contributed by atoms with Crippen molar-refractivity contribution >= 4 is 18.0 Å². The Morgan fingerprint density at radius 3 is 2.18 bits per heavy atom. The van der Waals surface area contributed by atoms with E-state index in [-0.39, 0.29) is 12.5 Å². The molecule has 0 bridgehead atoms. The van der Waals surface area contributed by atoms with Crippen molar-refractivity contribution < 1.29 is 23.9 Å². The van der Waals surface area contributed by atoms with E-state index in [0.717, 1.165) is 5.56 Å². The summed E-state index contributed by atoms with van der Waals surface area (Å²) in [6.07, 6.45) is -0.0129. The largest absolute Gasteiger partial charge is 0.459 e. The molecule has 0 saturated carbocycles. The van der Waals surface area contributed by atoms with Crippen LogP contribution in [0.15, 0.2) is 30.3 Å². The molecule has 0 aliphatic carbocycles. The van der Waals surface area contributed by atoms with Crippen LogP contribution in [0.3, 0.4) is 0 Å². The maximum Gasteiger partial charge on any atom is 0.408 e. The molecule has 3 atom stereocenters. The van der Waals surface area contributed by atoms with Crippen LogP contribution in [0.2, 0.25) is 0 Å². The lowest BCUT2D eigenvalue weighted by molar-refractivity contribution is -0.150. The van der Waals surface area contributed by atoms with Gasteiger partial charge >= 0.3 is 12.1 Å². The molecule has 0 unspecified atom stereocenters. The summed E-state index contributed by atoms with van der Waals surface area (Å²) in [6, 6.07) is 7.66. The van der Waals surface area contributed by atoms with E-state index in [4.69, 9.17) is 9.47 Å². The van der Waals surface area contributed by atoms with Crippen molar-refractivity contribution in [2.45, 2.75) is 72.3 Å². The van der Waals surface area contributed by atoms with Crippen LogP contribution in [-0.2, 0) is 25.7 Å². The zero-order valence-corrected chi connectivity index (χ0v) is 17.6. The molecular weight excluding hydrogens is 360 g/mol. The molecule has 0 aliphatic rings. The molecule has 1 aromatic carbocycles. The first-order valence-electron chi connectivity index (χ1n) is 9.54. The Hall–Kier alpha value is -2.57. The number of nitrogens with one attached hydrogen (secondary N) is 2. The molecule has 28 heavy (non-hydrogen) atoms. The molecule has 1 aromatic rings. The Morgan fingerprint density at radius 1 is 1.04 bits per heavy atom. The Bertz CT molecular complexity index is 655. The molecule has 0 saturated heterocycles. The summed E-state index contributed by atoms with van der Waals surface area (Å²) < 4.78 is 10.5. The van der Waals surface area contributed by atoms with Crippen molar-refractivity contribution in [1.82, 2.24) is 10.6 Å². The summed E-state index contributed by atoms with van der Waals surface area (Å²) >= 11 is 0. The number of benzene rings is 1. The standard InChI is InChI=1S/C21H32N2O5/c1-7-14(2)17(19(25)27-13-16-11-9-8-10-12-16)23-18(24)15(3)22-20(26)28-21(4,5)6/h8-12,14-15,17H,7,13H2,1-6H3,(H,22,26)(H,23,24)/t14-,15-,17-/m0/s1. The molecule has 2 N–H and O–H groups in total. The zero-order valence-electron chi connectivity index (χ0n) is 17.6. The molecule has 0 aromatic heterocycles. The number of hydrogen-bond acceptors (Lipinski definition) is 5. The van der Waals surface area contributed by atoms with Crippen LogP contribution in [0.4, 0.5) is 4.79 Å². The first kappa shape index (κ1) is 23.5. The van der Waals surface area contributed by atoms with Crippen LogP contribution < -0.4 is 10.6 Å². The Balaban J connectivity index is 2.67. The summed E-state index contributed by atoms with van der Waals surface area (Å²) in [7, 11) is 0.